The number of alkyl halides is 1. The molecule has 0 aromatic heterocycles. The molecule has 0 heterocycles. The summed E-state index contributed by atoms with van der Waals surface area (Å²) in [5.74, 6) is 0.868. The second-order valence-electron chi connectivity index (χ2n) is 6.22. The predicted molar refractivity (Wildman–Crippen MR) is 64.6 cm³/mol. The molecular weight excluding hydrogens is 187 g/mol. The first-order chi connectivity index (χ1) is 6.80. The minimum absolute atomic E-state index is 0.208. The van der Waals surface area contributed by atoms with Gasteiger partial charge >= 0.3 is 0 Å². The molecule has 1 aliphatic rings. The number of rotatable bonds is 3. The van der Waals surface area contributed by atoms with E-state index in [-0.39, 0.29) is 11.3 Å². The van der Waals surface area contributed by atoms with Gasteiger partial charge < -0.3 is 0 Å². The molecule has 3 unspecified atom stereocenters. The van der Waals surface area contributed by atoms with Crippen molar-refractivity contribution in [3.8, 4) is 0 Å². The lowest BCUT2D eigenvalue weighted by molar-refractivity contribution is 0.275. The van der Waals surface area contributed by atoms with E-state index in [9.17, 15) is 4.39 Å². The van der Waals surface area contributed by atoms with Crippen molar-refractivity contribution in [2.75, 3.05) is 0 Å². The molecule has 0 nitrogen and oxygen atoms in total. The molecule has 15 heavy (non-hydrogen) atoms. The fourth-order valence-electron chi connectivity index (χ4n) is 2.31. The molecule has 1 rings (SSSR count). The van der Waals surface area contributed by atoms with Gasteiger partial charge in [0.15, 0.2) is 0 Å². The van der Waals surface area contributed by atoms with E-state index in [4.69, 9.17) is 0 Å². The highest BCUT2D eigenvalue weighted by Crippen LogP contribution is 2.38. The molecule has 1 heteroatoms. The van der Waals surface area contributed by atoms with Crippen molar-refractivity contribution in [3.05, 3.63) is 12.2 Å². The zero-order chi connectivity index (χ0) is 11.6. The third-order valence-corrected chi connectivity index (χ3v) is 3.80. The summed E-state index contributed by atoms with van der Waals surface area (Å²) in [6.07, 6.45) is 3.48. The summed E-state index contributed by atoms with van der Waals surface area (Å²) in [6.45, 7) is 12.8. The molecule has 3 atom stereocenters. The lowest BCUT2D eigenvalue weighted by Crippen LogP contribution is -2.09. The average Bonchev–Trinajstić information content (AvgIpc) is 2.41. The highest BCUT2D eigenvalue weighted by Gasteiger charge is 2.31. The molecule has 0 amide bonds. The van der Waals surface area contributed by atoms with Crippen LogP contribution in [0.25, 0.3) is 0 Å². The van der Waals surface area contributed by atoms with E-state index in [2.05, 4.69) is 27.4 Å². The smallest absolute Gasteiger partial charge is 0.103 e. The molecule has 1 aliphatic carbocycles. The Hall–Kier alpha value is -0.330. The highest BCUT2D eigenvalue weighted by molar-refractivity contribution is 5.05. The van der Waals surface area contributed by atoms with Gasteiger partial charge in [0.25, 0.3) is 0 Å². The number of halogens is 1. The van der Waals surface area contributed by atoms with Gasteiger partial charge in [-0.05, 0) is 42.9 Å². The Balaban J connectivity index is 2.30. The monoisotopic (exact) mass is 212 g/mol. The van der Waals surface area contributed by atoms with E-state index in [1.165, 1.54) is 5.57 Å². The Kier molecular flexibility index (Phi) is 3.97. The third-order valence-electron chi connectivity index (χ3n) is 3.80. The summed E-state index contributed by atoms with van der Waals surface area (Å²) in [7, 11) is 0. The van der Waals surface area contributed by atoms with E-state index in [0.29, 0.717) is 5.92 Å². The topological polar surface area (TPSA) is 0 Å². The van der Waals surface area contributed by atoms with Crippen LogP contribution < -0.4 is 0 Å². The molecule has 0 aromatic carbocycles. The molecule has 88 valence electrons. The summed E-state index contributed by atoms with van der Waals surface area (Å²) < 4.78 is 13.3. The van der Waals surface area contributed by atoms with Gasteiger partial charge in [0.2, 0.25) is 0 Å². The van der Waals surface area contributed by atoms with Gasteiger partial charge in [-0.3, -0.25) is 0 Å². The molecule has 0 bridgehead atoms. The number of hydrogen-bond acceptors (Lipinski definition) is 0. The van der Waals surface area contributed by atoms with Crippen LogP contribution in [0.15, 0.2) is 12.2 Å². The van der Waals surface area contributed by atoms with Crippen molar-refractivity contribution in [2.24, 2.45) is 17.3 Å². The van der Waals surface area contributed by atoms with Crippen molar-refractivity contribution in [1.29, 1.82) is 0 Å². The summed E-state index contributed by atoms with van der Waals surface area (Å²) in [5.41, 5.74) is 1.51. The van der Waals surface area contributed by atoms with Gasteiger partial charge in [-0.25, -0.2) is 4.39 Å². The van der Waals surface area contributed by atoms with Gasteiger partial charge in [-0.1, -0.05) is 39.8 Å². The van der Waals surface area contributed by atoms with Gasteiger partial charge in [0.1, 0.15) is 6.17 Å². The van der Waals surface area contributed by atoms with Gasteiger partial charge in [-0.15, -0.1) is 0 Å². The van der Waals surface area contributed by atoms with Crippen LogP contribution in [0.3, 0.4) is 0 Å². The lowest BCUT2D eigenvalue weighted by Gasteiger charge is -2.23. The lowest BCUT2D eigenvalue weighted by atomic mass is 9.83. The highest BCUT2D eigenvalue weighted by atomic mass is 19.1. The van der Waals surface area contributed by atoms with Gasteiger partial charge in [-0.2, -0.15) is 0 Å². The molecule has 1 saturated carbocycles. The predicted octanol–water partition coefficient (Wildman–Crippen LogP) is 4.75. The van der Waals surface area contributed by atoms with Crippen molar-refractivity contribution < 1.29 is 4.39 Å². The number of allylic oxidation sites excluding steroid dienone is 1. The molecule has 0 aliphatic heterocycles. The molecule has 1 fully saturated rings. The van der Waals surface area contributed by atoms with Crippen molar-refractivity contribution >= 4 is 0 Å². The normalized spacial score (nSPS) is 31.9. The molecular formula is C14H25F. The molecule has 0 radical (unpaired) electrons. The maximum absolute atomic E-state index is 13.3. The quantitative estimate of drug-likeness (QED) is 0.592. The molecule has 0 aromatic rings. The van der Waals surface area contributed by atoms with Gasteiger partial charge in [0, 0.05) is 0 Å². The SMILES string of the molecule is C=C(CCC1CC(C)C(F)C1)C(C)(C)C. The fourth-order valence-corrected chi connectivity index (χ4v) is 2.31. The first kappa shape index (κ1) is 12.7. The largest absolute Gasteiger partial charge is 0.247 e. The van der Waals surface area contributed by atoms with Crippen LogP contribution in [0.2, 0.25) is 0 Å². The Labute approximate surface area is 94.0 Å². The third kappa shape index (κ3) is 3.62. The van der Waals surface area contributed by atoms with Crippen molar-refractivity contribution in [2.45, 2.75) is 59.5 Å². The second-order valence-corrected chi connectivity index (χ2v) is 6.22. The maximum Gasteiger partial charge on any atom is 0.103 e. The van der Waals surface area contributed by atoms with E-state index < -0.39 is 6.17 Å². The van der Waals surface area contributed by atoms with E-state index in [1.54, 1.807) is 0 Å². The Morgan fingerprint density at radius 1 is 1.33 bits per heavy atom. The first-order valence-electron chi connectivity index (χ1n) is 6.13. The minimum atomic E-state index is -0.557. The Bertz CT molecular complexity index is 214. The van der Waals surface area contributed by atoms with Crippen LogP contribution in [-0.2, 0) is 0 Å². The van der Waals surface area contributed by atoms with Crippen LogP contribution >= 0.6 is 0 Å². The van der Waals surface area contributed by atoms with Crippen LogP contribution in [-0.4, -0.2) is 6.17 Å². The molecule has 0 spiro atoms. The molecule has 0 N–H and O–H groups in total. The fraction of sp³-hybridized carbons (Fsp3) is 0.857. The van der Waals surface area contributed by atoms with Crippen molar-refractivity contribution in [1.82, 2.24) is 0 Å². The van der Waals surface area contributed by atoms with Gasteiger partial charge in [0.05, 0.1) is 0 Å². The first-order valence-corrected chi connectivity index (χ1v) is 6.13. The minimum Gasteiger partial charge on any atom is -0.247 e. The summed E-state index contributed by atoms with van der Waals surface area (Å²) >= 11 is 0. The Morgan fingerprint density at radius 3 is 2.33 bits per heavy atom. The Morgan fingerprint density at radius 2 is 1.93 bits per heavy atom. The van der Waals surface area contributed by atoms with E-state index >= 15 is 0 Å². The maximum atomic E-state index is 13.3. The van der Waals surface area contributed by atoms with Crippen LogP contribution in [0, 0.1) is 17.3 Å². The van der Waals surface area contributed by atoms with Crippen LogP contribution in [0.1, 0.15) is 53.4 Å². The zero-order valence-corrected chi connectivity index (χ0v) is 10.6. The summed E-state index contributed by atoms with van der Waals surface area (Å²) in [5, 5.41) is 0. The standard InChI is InChI=1S/C14H25F/c1-10-8-12(9-13(10)15)7-6-11(2)14(3,4)5/h10,12-13H,2,6-9H2,1,3-5H3. The van der Waals surface area contributed by atoms with Crippen molar-refractivity contribution in [3.63, 3.8) is 0 Å². The molecule has 0 saturated heterocycles. The van der Waals surface area contributed by atoms with Crippen LogP contribution in [0.5, 0.6) is 0 Å². The summed E-state index contributed by atoms with van der Waals surface area (Å²) in [4.78, 5) is 0. The average molecular weight is 212 g/mol. The van der Waals surface area contributed by atoms with Crippen LogP contribution in [0.4, 0.5) is 4.39 Å². The van der Waals surface area contributed by atoms with E-state index in [1.807, 2.05) is 6.92 Å². The summed E-state index contributed by atoms with van der Waals surface area (Å²) in [6, 6.07) is 0. The second kappa shape index (κ2) is 4.67. The van der Waals surface area contributed by atoms with E-state index in [0.717, 1.165) is 25.7 Å². The number of hydrogen-bond donors (Lipinski definition) is 0. The zero-order valence-electron chi connectivity index (χ0n) is 10.6.